The number of hydrogen-bond acceptors (Lipinski definition) is 2. The van der Waals surface area contributed by atoms with Crippen LogP contribution in [0, 0.1) is 11.8 Å². The Balaban J connectivity index is 0.00000324. The minimum atomic E-state index is 0. The van der Waals surface area contributed by atoms with Crippen LogP contribution in [0.5, 0.6) is 0 Å². The molecular weight excluding hydrogens is 355 g/mol. The summed E-state index contributed by atoms with van der Waals surface area (Å²) < 4.78 is 0. The Morgan fingerprint density at radius 3 is 2.37 bits per heavy atom. The van der Waals surface area contributed by atoms with Gasteiger partial charge in [-0.3, -0.25) is 9.79 Å². The second-order valence-electron chi connectivity index (χ2n) is 5.11. The lowest BCUT2D eigenvalue weighted by Crippen LogP contribution is -2.42. The fraction of sp³-hybridized carbons (Fsp3) is 0.846. The fourth-order valence-corrected chi connectivity index (χ4v) is 1.47. The number of rotatable bonds is 7. The zero-order chi connectivity index (χ0) is 13.4. The molecule has 0 aromatic heterocycles. The van der Waals surface area contributed by atoms with Gasteiger partial charge in [0.2, 0.25) is 5.91 Å². The number of nitrogens with zero attached hydrogens (tertiary/aromatic N) is 1. The summed E-state index contributed by atoms with van der Waals surface area (Å²) in [6, 6.07) is 0. The molecule has 19 heavy (non-hydrogen) atoms. The molecule has 0 heterocycles. The van der Waals surface area contributed by atoms with Crippen molar-refractivity contribution in [2.45, 2.75) is 33.6 Å². The third-order valence-corrected chi connectivity index (χ3v) is 2.62. The van der Waals surface area contributed by atoms with Crippen LogP contribution in [0.3, 0.4) is 0 Å². The van der Waals surface area contributed by atoms with E-state index in [4.69, 9.17) is 0 Å². The zero-order valence-corrected chi connectivity index (χ0v) is 14.5. The van der Waals surface area contributed by atoms with Crippen molar-refractivity contribution in [3.63, 3.8) is 0 Å². The molecule has 0 saturated heterocycles. The van der Waals surface area contributed by atoms with E-state index < -0.39 is 0 Å². The molecule has 6 heteroatoms. The molecule has 1 saturated carbocycles. The number of carbonyl (C=O) groups excluding carboxylic acids is 1. The van der Waals surface area contributed by atoms with Gasteiger partial charge >= 0.3 is 0 Å². The van der Waals surface area contributed by atoms with Crippen LogP contribution in [0.2, 0.25) is 0 Å². The Bertz CT molecular complexity index is 290. The number of guanidine groups is 1. The van der Waals surface area contributed by atoms with Gasteiger partial charge in [-0.05, 0) is 25.7 Å². The predicted octanol–water partition coefficient (Wildman–Crippen LogP) is 1.34. The third kappa shape index (κ3) is 9.07. The van der Waals surface area contributed by atoms with E-state index >= 15 is 0 Å². The van der Waals surface area contributed by atoms with Gasteiger partial charge in [-0.2, -0.15) is 0 Å². The van der Waals surface area contributed by atoms with E-state index in [-0.39, 0.29) is 35.8 Å². The summed E-state index contributed by atoms with van der Waals surface area (Å²) in [5.41, 5.74) is 0. The molecule has 0 bridgehead atoms. The molecule has 0 spiro atoms. The maximum Gasteiger partial charge on any atom is 0.223 e. The predicted molar refractivity (Wildman–Crippen MR) is 90.0 cm³/mol. The number of hydrogen-bond donors (Lipinski definition) is 3. The van der Waals surface area contributed by atoms with Crippen LogP contribution in [0.4, 0.5) is 0 Å². The lowest BCUT2D eigenvalue weighted by Gasteiger charge is -2.12. The van der Waals surface area contributed by atoms with Crippen molar-refractivity contribution < 1.29 is 4.79 Å². The van der Waals surface area contributed by atoms with Gasteiger partial charge in [-0.15, -0.1) is 24.0 Å². The van der Waals surface area contributed by atoms with Crippen LogP contribution in [0.15, 0.2) is 4.99 Å². The molecular formula is C13H27IN4O. The Kier molecular flexibility index (Phi) is 9.99. The van der Waals surface area contributed by atoms with Crippen molar-refractivity contribution in [1.29, 1.82) is 0 Å². The first kappa shape index (κ1) is 18.5. The van der Waals surface area contributed by atoms with E-state index in [1.165, 1.54) is 0 Å². The van der Waals surface area contributed by atoms with Crippen molar-refractivity contribution in [3.8, 4) is 0 Å². The van der Waals surface area contributed by atoms with Crippen LogP contribution in [-0.2, 0) is 4.79 Å². The van der Waals surface area contributed by atoms with E-state index in [9.17, 15) is 4.79 Å². The summed E-state index contributed by atoms with van der Waals surface area (Å²) in [6.07, 6.45) is 2.11. The summed E-state index contributed by atoms with van der Waals surface area (Å²) in [5.74, 6) is 1.86. The third-order valence-electron chi connectivity index (χ3n) is 2.62. The minimum Gasteiger partial charge on any atom is -0.357 e. The van der Waals surface area contributed by atoms with Gasteiger partial charge in [-0.25, -0.2) is 0 Å². The molecule has 0 unspecified atom stereocenters. The number of amides is 1. The topological polar surface area (TPSA) is 65.5 Å². The van der Waals surface area contributed by atoms with Crippen molar-refractivity contribution in [2.75, 3.05) is 26.2 Å². The van der Waals surface area contributed by atoms with Crippen LogP contribution < -0.4 is 16.0 Å². The van der Waals surface area contributed by atoms with Crippen LogP contribution in [0.1, 0.15) is 33.6 Å². The van der Waals surface area contributed by atoms with Gasteiger partial charge < -0.3 is 16.0 Å². The van der Waals surface area contributed by atoms with E-state index in [1.54, 1.807) is 0 Å². The molecule has 0 aliphatic heterocycles. The minimum absolute atomic E-state index is 0. The SMILES string of the molecule is CCNC(=NCC(C)C)NCCNC(=O)C1CC1.I. The van der Waals surface area contributed by atoms with Crippen LogP contribution >= 0.6 is 24.0 Å². The summed E-state index contributed by atoms with van der Waals surface area (Å²) >= 11 is 0. The van der Waals surface area contributed by atoms with Gasteiger partial charge in [0.15, 0.2) is 5.96 Å². The number of aliphatic imine (C=N–C) groups is 1. The first-order valence-electron chi connectivity index (χ1n) is 6.93. The van der Waals surface area contributed by atoms with Gasteiger partial charge in [-0.1, -0.05) is 13.8 Å². The molecule has 5 nitrogen and oxygen atoms in total. The molecule has 1 fully saturated rings. The van der Waals surface area contributed by atoms with Crippen molar-refractivity contribution >= 4 is 35.8 Å². The van der Waals surface area contributed by atoms with Gasteiger partial charge in [0, 0.05) is 32.1 Å². The van der Waals surface area contributed by atoms with E-state index in [1.807, 2.05) is 6.92 Å². The monoisotopic (exact) mass is 382 g/mol. The van der Waals surface area contributed by atoms with Crippen LogP contribution in [-0.4, -0.2) is 38.0 Å². The summed E-state index contributed by atoms with van der Waals surface area (Å²) in [4.78, 5) is 15.9. The molecule has 0 aromatic rings. The highest BCUT2D eigenvalue weighted by Gasteiger charge is 2.28. The molecule has 0 aromatic carbocycles. The average molecular weight is 382 g/mol. The van der Waals surface area contributed by atoms with E-state index in [2.05, 4.69) is 34.8 Å². The van der Waals surface area contributed by atoms with Gasteiger partial charge in [0.05, 0.1) is 0 Å². The summed E-state index contributed by atoms with van der Waals surface area (Å²) in [7, 11) is 0. The smallest absolute Gasteiger partial charge is 0.223 e. The number of nitrogens with one attached hydrogen (secondary N) is 3. The zero-order valence-electron chi connectivity index (χ0n) is 12.2. The highest BCUT2D eigenvalue weighted by molar-refractivity contribution is 14.0. The molecule has 1 amide bonds. The molecule has 3 N–H and O–H groups in total. The highest BCUT2D eigenvalue weighted by Crippen LogP contribution is 2.28. The maximum absolute atomic E-state index is 11.4. The Hall–Kier alpha value is -0.530. The standard InChI is InChI=1S/C13H26N4O.HI/c1-4-14-13(17-9-10(2)3)16-8-7-15-12(18)11-5-6-11;/h10-11H,4-9H2,1-3H3,(H,15,18)(H2,14,16,17);1H. The van der Waals surface area contributed by atoms with Crippen molar-refractivity contribution in [3.05, 3.63) is 0 Å². The van der Waals surface area contributed by atoms with Crippen LogP contribution in [0.25, 0.3) is 0 Å². The van der Waals surface area contributed by atoms with Crippen molar-refractivity contribution in [2.24, 2.45) is 16.8 Å². The second-order valence-corrected chi connectivity index (χ2v) is 5.11. The molecule has 0 radical (unpaired) electrons. The number of halogens is 1. The summed E-state index contributed by atoms with van der Waals surface area (Å²) in [6.45, 7) is 9.35. The quantitative estimate of drug-likeness (QED) is 0.270. The van der Waals surface area contributed by atoms with Gasteiger partial charge in [0.25, 0.3) is 0 Å². The molecule has 1 aliphatic rings. The average Bonchev–Trinajstić information content (AvgIpc) is 3.14. The molecule has 112 valence electrons. The normalized spacial score (nSPS) is 14.8. The highest BCUT2D eigenvalue weighted by atomic mass is 127. The lowest BCUT2D eigenvalue weighted by molar-refractivity contribution is -0.122. The number of carbonyl (C=O) groups is 1. The second kappa shape index (κ2) is 10.3. The Labute approximate surface area is 133 Å². The first-order valence-corrected chi connectivity index (χ1v) is 6.93. The van der Waals surface area contributed by atoms with Gasteiger partial charge in [0.1, 0.15) is 0 Å². The first-order chi connectivity index (χ1) is 8.63. The molecule has 1 aliphatic carbocycles. The largest absolute Gasteiger partial charge is 0.357 e. The summed E-state index contributed by atoms with van der Waals surface area (Å²) in [5, 5.41) is 9.33. The molecule has 0 atom stereocenters. The van der Waals surface area contributed by atoms with E-state index in [0.717, 1.165) is 31.9 Å². The fourth-order valence-electron chi connectivity index (χ4n) is 1.47. The Morgan fingerprint density at radius 1 is 1.21 bits per heavy atom. The van der Waals surface area contributed by atoms with Crippen molar-refractivity contribution in [1.82, 2.24) is 16.0 Å². The lowest BCUT2D eigenvalue weighted by atomic mass is 10.2. The van der Waals surface area contributed by atoms with E-state index in [0.29, 0.717) is 19.0 Å². The Morgan fingerprint density at radius 2 is 1.84 bits per heavy atom. The maximum atomic E-state index is 11.4. The molecule has 1 rings (SSSR count).